The highest BCUT2D eigenvalue weighted by Crippen LogP contribution is 2.18. The first-order chi connectivity index (χ1) is 9.29. The van der Waals surface area contributed by atoms with Gasteiger partial charge >= 0.3 is 0 Å². The number of hydrogen-bond donors (Lipinski definition) is 1. The zero-order valence-electron chi connectivity index (χ0n) is 11.5. The van der Waals surface area contributed by atoms with Crippen LogP contribution in [0.15, 0.2) is 18.7 Å². The molecular formula is C14H23N3O2. The van der Waals surface area contributed by atoms with Crippen LogP contribution in [0.4, 0.5) is 0 Å². The van der Waals surface area contributed by atoms with Gasteiger partial charge in [-0.3, -0.25) is 4.79 Å². The third-order valence-corrected chi connectivity index (χ3v) is 3.70. The minimum atomic E-state index is 0.152. The molecule has 5 heteroatoms. The van der Waals surface area contributed by atoms with Crippen LogP contribution >= 0.6 is 0 Å². The Balaban J connectivity index is 1.67. The SMILES string of the molecule is CC[C@H](NC(=O)CCCn1ccnc1)[C@H]1CCOC1. The summed E-state index contributed by atoms with van der Waals surface area (Å²) in [6, 6.07) is 0.267. The molecule has 1 fully saturated rings. The summed E-state index contributed by atoms with van der Waals surface area (Å²) in [5.74, 6) is 0.640. The molecule has 0 aliphatic carbocycles. The highest BCUT2D eigenvalue weighted by atomic mass is 16.5. The average molecular weight is 265 g/mol. The van der Waals surface area contributed by atoms with E-state index in [1.807, 2.05) is 10.8 Å². The standard InChI is InChI=1S/C14H23N3O2/c1-2-13(12-5-9-19-10-12)16-14(18)4-3-7-17-8-6-15-11-17/h6,8,11-13H,2-5,7,9-10H2,1H3,(H,16,18)/t12-,13-/m0/s1. The lowest BCUT2D eigenvalue weighted by Crippen LogP contribution is -2.40. The first-order valence-corrected chi connectivity index (χ1v) is 7.12. The van der Waals surface area contributed by atoms with Gasteiger partial charge in [0, 0.05) is 43.9 Å². The van der Waals surface area contributed by atoms with Crippen LogP contribution in [0.1, 0.15) is 32.6 Å². The molecule has 0 spiro atoms. The number of aryl methyl sites for hydroxylation is 1. The molecule has 0 unspecified atom stereocenters. The van der Waals surface area contributed by atoms with Gasteiger partial charge in [0.15, 0.2) is 0 Å². The smallest absolute Gasteiger partial charge is 0.220 e. The molecule has 1 aromatic rings. The molecule has 5 nitrogen and oxygen atoms in total. The van der Waals surface area contributed by atoms with Crippen molar-refractivity contribution < 1.29 is 9.53 Å². The lowest BCUT2D eigenvalue weighted by Gasteiger charge is -2.22. The van der Waals surface area contributed by atoms with Crippen molar-refractivity contribution in [2.45, 2.75) is 45.2 Å². The van der Waals surface area contributed by atoms with Gasteiger partial charge in [0.25, 0.3) is 0 Å². The number of aromatic nitrogens is 2. The molecule has 1 aromatic heterocycles. The number of hydrogen-bond acceptors (Lipinski definition) is 3. The summed E-state index contributed by atoms with van der Waals surface area (Å²) in [6.07, 6.45) is 8.91. The summed E-state index contributed by atoms with van der Waals surface area (Å²) >= 11 is 0. The molecule has 0 radical (unpaired) electrons. The van der Waals surface area contributed by atoms with Gasteiger partial charge in [-0.05, 0) is 19.3 Å². The Kier molecular flexibility index (Phi) is 5.39. The van der Waals surface area contributed by atoms with E-state index in [0.29, 0.717) is 12.3 Å². The van der Waals surface area contributed by atoms with Gasteiger partial charge in [0.05, 0.1) is 12.9 Å². The Labute approximate surface area is 114 Å². The van der Waals surface area contributed by atoms with Crippen LogP contribution in [0, 0.1) is 5.92 Å². The van der Waals surface area contributed by atoms with Gasteiger partial charge in [-0.15, -0.1) is 0 Å². The summed E-state index contributed by atoms with van der Waals surface area (Å²) in [5.41, 5.74) is 0. The topological polar surface area (TPSA) is 56.2 Å². The second-order valence-corrected chi connectivity index (χ2v) is 5.11. The third kappa shape index (κ3) is 4.35. The molecule has 0 saturated carbocycles. The Morgan fingerprint density at radius 1 is 1.63 bits per heavy atom. The van der Waals surface area contributed by atoms with Crippen molar-refractivity contribution in [1.82, 2.24) is 14.9 Å². The number of carbonyl (C=O) groups is 1. The minimum absolute atomic E-state index is 0.152. The van der Waals surface area contributed by atoms with E-state index in [-0.39, 0.29) is 11.9 Å². The molecule has 1 N–H and O–H groups in total. The van der Waals surface area contributed by atoms with Crippen molar-refractivity contribution in [3.63, 3.8) is 0 Å². The van der Waals surface area contributed by atoms with Gasteiger partial charge in [-0.2, -0.15) is 0 Å². The number of rotatable bonds is 7. The third-order valence-electron chi connectivity index (χ3n) is 3.70. The van der Waals surface area contributed by atoms with Crippen LogP contribution in [0.5, 0.6) is 0 Å². The van der Waals surface area contributed by atoms with Crippen LogP contribution in [0.2, 0.25) is 0 Å². The van der Waals surface area contributed by atoms with Gasteiger partial charge in [-0.1, -0.05) is 6.92 Å². The summed E-state index contributed by atoms with van der Waals surface area (Å²) in [7, 11) is 0. The van der Waals surface area contributed by atoms with Crippen LogP contribution in [-0.2, 0) is 16.1 Å². The second kappa shape index (κ2) is 7.28. The largest absolute Gasteiger partial charge is 0.381 e. The van der Waals surface area contributed by atoms with Crippen molar-refractivity contribution in [3.8, 4) is 0 Å². The van der Waals surface area contributed by atoms with E-state index < -0.39 is 0 Å². The summed E-state index contributed by atoms with van der Waals surface area (Å²) in [5, 5.41) is 3.14. The van der Waals surface area contributed by atoms with E-state index in [0.717, 1.165) is 39.0 Å². The summed E-state index contributed by atoms with van der Waals surface area (Å²) < 4.78 is 7.39. The fourth-order valence-electron chi connectivity index (χ4n) is 2.54. The molecule has 2 rings (SSSR count). The number of ether oxygens (including phenoxy) is 1. The van der Waals surface area contributed by atoms with Crippen molar-refractivity contribution in [2.24, 2.45) is 5.92 Å². The normalized spacial score (nSPS) is 20.4. The molecule has 2 atom stereocenters. The predicted molar refractivity (Wildman–Crippen MR) is 72.6 cm³/mol. The van der Waals surface area contributed by atoms with Crippen LogP contribution in [-0.4, -0.2) is 34.7 Å². The molecule has 1 saturated heterocycles. The number of amides is 1. The number of carbonyl (C=O) groups excluding carboxylic acids is 1. The average Bonchev–Trinajstić information content (AvgIpc) is 3.08. The maximum absolute atomic E-state index is 11.9. The molecule has 1 aliphatic heterocycles. The van der Waals surface area contributed by atoms with E-state index in [1.165, 1.54) is 0 Å². The Bertz CT molecular complexity index is 372. The number of imidazole rings is 1. The molecule has 1 amide bonds. The molecule has 106 valence electrons. The minimum Gasteiger partial charge on any atom is -0.381 e. The van der Waals surface area contributed by atoms with Gasteiger partial charge < -0.3 is 14.6 Å². The lowest BCUT2D eigenvalue weighted by atomic mass is 9.96. The number of nitrogens with zero attached hydrogens (tertiary/aromatic N) is 2. The highest BCUT2D eigenvalue weighted by Gasteiger charge is 2.25. The van der Waals surface area contributed by atoms with Gasteiger partial charge in [0.2, 0.25) is 5.91 Å². The van der Waals surface area contributed by atoms with E-state index in [1.54, 1.807) is 12.5 Å². The van der Waals surface area contributed by atoms with E-state index in [2.05, 4.69) is 17.2 Å². The zero-order chi connectivity index (χ0) is 13.5. The Morgan fingerprint density at radius 3 is 3.16 bits per heavy atom. The van der Waals surface area contributed by atoms with E-state index >= 15 is 0 Å². The van der Waals surface area contributed by atoms with Crippen molar-refractivity contribution in [1.29, 1.82) is 0 Å². The molecule has 0 bridgehead atoms. The lowest BCUT2D eigenvalue weighted by molar-refractivity contribution is -0.122. The van der Waals surface area contributed by atoms with Crippen LogP contribution < -0.4 is 5.32 Å². The van der Waals surface area contributed by atoms with Crippen LogP contribution in [0.3, 0.4) is 0 Å². The van der Waals surface area contributed by atoms with E-state index in [9.17, 15) is 4.79 Å². The van der Waals surface area contributed by atoms with Gasteiger partial charge in [-0.25, -0.2) is 4.98 Å². The maximum atomic E-state index is 11.9. The Morgan fingerprint density at radius 2 is 2.53 bits per heavy atom. The first kappa shape index (κ1) is 14.1. The quantitative estimate of drug-likeness (QED) is 0.814. The maximum Gasteiger partial charge on any atom is 0.220 e. The summed E-state index contributed by atoms with van der Waals surface area (Å²) in [6.45, 7) is 4.58. The van der Waals surface area contributed by atoms with Crippen LogP contribution in [0.25, 0.3) is 0 Å². The molecule has 0 aromatic carbocycles. The summed E-state index contributed by atoms with van der Waals surface area (Å²) in [4.78, 5) is 15.9. The van der Waals surface area contributed by atoms with Gasteiger partial charge in [0.1, 0.15) is 0 Å². The Hall–Kier alpha value is -1.36. The molecule has 19 heavy (non-hydrogen) atoms. The zero-order valence-corrected chi connectivity index (χ0v) is 11.5. The number of nitrogens with one attached hydrogen (secondary N) is 1. The molecular weight excluding hydrogens is 242 g/mol. The van der Waals surface area contributed by atoms with E-state index in [4.69, 9.17) is 4.74 Å². The van der Waals surface area contributed by atoms with Crippen molar-refractivity contribution in [3.05, 3.63) is 18.7 Å². The fourth-order valence-corrected chi connectivity index (χ4v) is 2.54. The van der Waals surface area contributed by atoms with Crippen molar-refractivity contribution in [2.75, 3.05) is 13.2 Å². The molecule has 2 heterocycles. The monoisotopic (exact) mass is 265 g/mol. The van der Waals surface area contributed by atoms with Crippen molar-refractivity contribution >= 4 is 5.91 Å². The second-order valence-electron chi connectivity index (χ2n) is 5.11. The highest BCUT2D eigenvalue weighted by molar-refractivity contribution is 5.76. The predicted octanol–water partition coefficient (Wildman–Crippen LogP) is 1.59. The first-order valence-electron chi connectivity index (χ1n) is 7.12. The fraction of sp³-hybridized carbons (Fsp3) is 0.714. The molecule has 1 aliphatic rings.